The highest BCUT2D eigenvalue weighted by atomic mass is 32.1. The summed E-state index contributed by atoms with van der Waals surface area (Å²) in [5.41, 5.74) is 1.35. The summed E-state index contributed by atoms with van der Waals surface area (Å²) in [6.07, 6.45) is 0. The van der Waals surface area contributed by atoms with Crippen molar-refractivity contribution in [3.63, 3.8) is 0 Å². The molecule has 0 saturated carbocycles. The zero-order chi connectivity index (χ0) is 13.3. The summed E-state index contributed by atoms with van der Waals surface area (Å²) in [6.45, 7) is -0.412. The van der Waals surface area contributed by atoms with Gasteiger partial charge in [0.15, 0.2) is 0 Å². The third-order valence-corrected chi connectivity index (χ3v) is 2.97. The van der Waals surface area contributed by atoms with Crippen LogP contribution < -0.4 is 0 Å². The van der Waals surface area contributed by atoms with Gasteiger partial charge in [0.1, 0.15) is 10.8 Å². The van der Waals surface area contributed by atoms with Crippen LogP contribution in [-0.2, 0) is 0 Å². The van der Waals surface area contributed by atoms with Gasteiger partial charge in [-0.05, 0) is 30.2 Å². The van der Waals surface area contributed by atoms with Gasteiger partial charge in [-0.25, -0.2) is 9.37 Å². The Kier molecular flexibility index (Phi) is 1.95. The van der Waals surface area contributed by atoms with Gasteiger partial charge in [0, 0.05) is 15.1 Å². The second-order valence-corrected chi connectivity index (χ2v) is 4.16. The zero-order valence-corrected chi connectivity index (χ0v) is 9.01. The summed E-state index contributed by atoms with van der Waals surface area (Å²) in [7, 11) is 0. The van der Waals surface area contributed by atoms with Crippen molar-refractivity contribution in [2.24, 2.45) is 0 Å². The molecular weight excluding hydrogens is 209 g/mol. The van der Waals surface area contributed by atoms with E-state index in [4.69, 9.17) is 4.11 Å². The predicted molar refractivity (Wildman–Crippen MR) is 61.6 cm³/mol. The summed E-state index contributed by atoms with van der Waals surface area (Å²) in [4.78, 5) is 4.31. The maximum atomic E-state index is 12.8. The molecule has 0 aliphatic heterocycles. The summed E-state index contributed by atoms with van der Waals surface area (Å²) in [5.74, 6) is -0.894. The molecule has 2 rings (SSSR count). The van der Waals surface area contributed by atoms with Gasteiger partial charge >= 0.3 is 0 Å². The minimum atomic E-state index is -2.05. The van der Waals surface area contributed by atoms with Crippen molar-refractivity contribution < 1.29 is 8.50 Å². The van der Waals surface area contributed by atoms with Gasteiger partial charge in [0.05, 0.1) is 5.69 Å². The quantitative estimate of drug-likeness (QED) is 0.749. The van der Waals surface area contributed by atoms with Crippen LogP contribution in [0.5, 0.6) is 0 Å². The number of thiazole rings is 1. The molecule has 0 amide bonds. The van der Waals surface area contributed by atoms with Gasteiger partial charge < -0.3 is 0 Å². The van der Waals surface area contributed by atoms with E-state index in [-0.39, 0.29) is 5.82 Å². The van der Waals surface area contributed by atoms with Gasteiger partial charge in [-0.15, -0.1) is 11.3 Å². The van der Waals surface area contributed by atoms with Crippen LogP contribution in [-0.4, -0.2) is 4.98 Å². The molecule has 0 radical (unpaired) electrons. The molecule has 1 atom stereocenters. The Hall–Kier alpha value is -1.22. The van der Waals surface area contributed by atoms with E-state index in [1.807, 2.05) is 0 Å². The van der Waals surface area contributed by atoms with Gasteiger partial charge in [-0.3, -0.25) is 0 Å². The topological polar surface area (TPSA) is 12.9 Å². The van der Waals surface area contributed by atoms with Crippen LogP contribution in [0.15, 0.2) is 29.6 Å². The maximum absolute atomic E-state index is 12.8. The molecular formula is C12H12FNS. The van der Waals surface area contributed by atoms with E-state index in [0.29, 0.717) is 10.7 Å². The third kappa shape index (κ3) is 2.23. The molecule has 1 aromatic carbocycles. The van der Waals surface area contributed by atoms with Crippen molar-refractivity contribution in [2.75, 3.05) is 0 Å². The van der Waals surface area contributed by atoms with E-state index in [2.05, 4.69) is 4.98 Å². The first-order valence-electron chi connectivity index (χ1n) is 6.09. The number of halogens is 1. The molecule has 1 heterocycles. The summed E-state index contributed by atoms with van der Waals surface area (Å²) in [6, 6.07) is 6.00. The number of nitrogens with zero attached hydrogens (tertiary/aromatic N) is 1. The molecule has 0 aliphatic carbocycles. The lowest BCUT2D eigenvalue weighted by Crippen LogP contribution is -1.86. The predicted octanol–water partition coefficient (Wildman–Crippen LogP) is 4.07. The molecule has 1 nitrogen and oxygen atoms in total. The monoisotopic (exact) mass is 224 g/mol. The van der Waals surface area contributed by atoms with Gasteiger partial charge in [0.25, 0.3) is 0 Å². The Balaban J connectivity index is 2.28. The molecule has 0 spiro atoms. The lowest BCUT2D eigenvalue weighted by Gasteiger charge is -1.98. The molecule has 0 saturated heterocycles. The number of aromatic nitrogens is 1. The first-order chi connectivity index (χ1) is 8.38. The fourth-order valence-corrected chi connectivity index (χ4v) is 2.13. The van der Waals surface area contributed by atoms with E-state index < -0.39 is 12.8 Å². The average molecular weight is 224 g/mol. The second kappa shape index (κ2) is 4.11. The van der Waals surface area contributed by atoms with Crippen molar-refractivity contribution in [1.29, 1.82) is 0 Å². The van der Waals surface area contributed by atoms with Crippen LogP contribution in [0, 0.1) is 5.82 Å². The molecule has 78 valence electrons. The normalized spacial score (nSPS) is 16.5. The molecule has 15 heavy (non-hydrogen) atoms. The summed E-state index contributed by atoms with van der Waals surface area (Å²) < 4.78 is 34.9. The Labute approximate surface area is 96.8 Å². The van der Waals surface area contributed by atoms with Crippen molar-refractivity contribution in [1.82, 2.24) is 4.98 Å². The largest absolute Gasteiger partial charge is 0.241 e. The molecule has 2 aromatic rings. The van der Waals surface area contributed by atoms with Crippen molar-refractivity contribution >= 4 is 11.3 Å². The molecule has 3 heteroatoms. The molecule has 0 aliphatic rings. The minimum absolute atomic E-state index is 0.300. The van der Waals surface area contributed by atoms with Gasteiger partial charge in [0.2, 0.25) is 0 Å². The highest BCUT2D eigenvalue weighted by Crippen LogP contribution is 2.26. The molecule has 0 N–H and O–H groups in total. The minimum Gasteiger partial charge on any atom is -0.241 e. The van der Waals surface area contributed by atoms with Crippen molar-refractivity contribution in [3.05, 3.63) is 41.2 Å². The SMILES string of the molecule is [2H]C([2H])([2H])C(C)c1csc(-c2ccc(F)cc2)n1. The fraction of sp³-hybridized carbons (Fsp3) is 0.250. The smallest absolute Gasteiger partial charge is 0.123 e. The zero-order valence-electron chi connectivity index (χ0n) is 11.2. The van der Waals surface area contributed by atoms with Crippen LogP contribution in [0.2, 0.25) is 0 Å². The van der Waals surface area contributed by atoms with E-state index in [1.165, 1.54) is 23.5 Å². The number of benzene rings is 1. The summed E-state index contributed by atoms with van der Waals surface area (Å²) in [5, 5.41) is 2.46. The van der Waals surface area contributed by atoms with E-state index in [0.717, 1.165) is 5.56 Å². The summed E-state index contributed by atoms with van der Waals surface area (Å²) >= 11 is 1.37. The number of hydrogen-bond donors (Lipinski definition) is 0. The second-order valence-electron chi connectivity index (χ2n) is 3.31. The first kappa shape index (κ1) is 7.12. The van der Waals surface area contributed by atoms with Gasteiger partial charge in [-0.1, -0.05) is 13.8 Å². The molecule has 1 aromatic heterocycles. The Morgan fingerprint density at radius 3 is 2.80 bits per heavy atom. The van der Waals surface area contributed by atoms with E-state index in [1.54, 1.807) is 24.4 Å². The standard InChI is InChI=1S/C12H12FNS/c1-8(2)11-7-15-12(14-11)9-3-5-10(13)6-4-9/h3-8H,1-2H3/i1D3. The van der Waals surface area contributed by atoms with Crippen LogP contribution in [0.1, 0.15) is 29.5 Å². The van der Waals surface area contributed by atoms with Crippen molar-refractivity contribution in [3.8, 4) is 10.6 Å². The highest BCUT2D eigenvalue weighted by Gasteiger charge is 2.07. The Morgan fingerprint density at radius 1 is 1.40 bits per heavy atom. The maximum Gasteiger partial charge on any atom is 0.123 e. The average Bonchev–Trinajstić information content (AvgIpc) is 2.77. The van der Waals surface area contributed by atoms with Crippen LogP contribution in [0.25, 0.3) is 10.6 Å². The first-order valence-corrected chi connectivity index (χ1v) is 5.47. The van der Waals surface area contributed by atoms with E-state index in [9.17, 15) is 4.39 Å². The van der Waals surface area contributed by atoms with E-state index >= 15 is 0 Å². The van der Waals surface area contributed by atoms with Crippen LogP contribution in [0.4, 0.5) is 4.39 Å². The van der Waals surface area contributed by atoms with Crippen LogP contribution >= 0.6 is 11.3 Å². The van der Waals surface area contributed by atoms with Gasteiger partial charge in [-0.2, -0.15) is 0 Å². The Morgan fingerprint density at radius 2 is 2.13 bits per heavy atom. The molecule has 1 unspecified atom stereocenters. The number of hydrogen-bond acceptors (Lipinski definition) is 2. The lowest BCUT2D eigenvalue weighted by molar-refractivity contribution is 0.628. The fourth-order valence-electron chi connectivity index (χ4n) is 1.21. The highest BCUT2D eigenvalue weighted by molar-refractivity contribution is 7.13. The third-order valence-electron chi connectivity index (χ3n) is 2.06. The molecule has 0 fully saturated rings. The lowest BCUT2D eigenvalue weighted by atomic mass is 10.1. The molecule has 0 bridgehead atoms. The van der Waals surface area contributed by atoms with Crippen molar-refractivity contribution in [2.45, 2.75) is 19.7 Å². The van der Waals surface area contributed by atoms with Crippen LogP contribution in [0.3, 0.4) is 0 Å². The number of rotatable bonds is 2. The Bertz CT molecular complexity index is 533.